The van der Waals surface area contributed by atoms with Crippen molar-refractivity contribution in [3.05, 3.63) is 94.8 Å². The first-order valence-electron chi connectivity index (χ1n) is 12.2. The van der Waals surface area contributed by atoms with Gasteiger partial charge in [0.15, 0.2) is 5.71 Å². The number of hydrogen-bond acceptors (Lipinski definition) is 5. The molecule has 1 heterocycles. The van der Waals surface area contributed by atoms with Crippen LogP contribution in [0.25, 0.3) is 0 Å². The molecule has 1 aliphatic carbocycles. The summed E-state index contributed by atoms with van der Waals surface area (Å²) in [5.74, 6) is -0.482. The zero-order chi connectivity index (χ0) is 26.6. The highest BCUT2D eigenvalue weighted by Gasteiger charge is 2.41. The fourth-order valence-corrected chi connectivity index (χ4v) is 4.89. The topological polar surface area (TPSA) is 51.1 Å². The lowest BCUT2D eigenvalue weighted by molar-refractivity contribution is -0.138. The van der Waals surface area contributed by atoms with Gasteiger partial charge in [0, 0.05) is 16.6 Å². The van der Waals surface area contributed by atoms with Gasteiger partial charge in [0.05, 0.1) is 18.7 Å². The van der Waals surface area contributed by atoms with Crippen molar-refractivity contribution in [2.75, 3.05) is 13.2 Å². The Hall–Kier alpha value is -3.49. The first-order valence-corrected chi connectivity index (χ1v) is 12.2. The second-order valence-corrected chi connectivity index (χ2v) is 9.26. The van der Waals surface area contributed by atoms with E-state index in [1.165, 1.54) is 17.1 Å². The van der Waals surface area contributed by atoms with Gasteiger partial charge in [-0.3, -0.25) is 5.01 Å². The van der Waals surface area contributed by atoms with E-state index in [0.717, 1.165) is 24.5 Å². The minimum absolute atomic E-state index is 0.0451. The summed E-state index contributed by atoms with van der Waals surface area (Å²) in [5.41, 5.74) is 0.411. The first kappa shape index (κ1) is 26.6. The normalized spacial score (nSPS) is 17.6. The van der Waals surface area contributed by atoms with Crippen LogP contribution in [0.15, 0.2) is 83.2 Å². The van der Waals surface area contributed by atoms with Crippen LogP contribution in [0, 0.1) is 0 Å². The largest absolute Gasteiger partial charge is 0.487 e. The Morgan fingerprint density at radius 2 is 1.84 bits per heavy atom. The van der Waals surface area contributed by atoms with E-state index in [-0.39, 0.29) is 42.4 Å². The van der Waals surface area contributed by atoms with Crippen LogP contribution in [0.5, 0.6) is 0 Å². The summed E-state index contributed by atoms with van der Waals surface area (Å²) < 4.78 is 51.7. The maximum Gasteiger partial charge on any atom is 0.416 e. The highest BCUT2D eigenvalue weighted by atomic mass is 19.4. The van der Waals surface area contributed by atoms with Gasteiger partial charge in [-0.1, -0.05) is 68.0 Å². The van der Waals surface area contributed by atoms with Gasteiger partial charge in [0.1, 0.15) is 20.2 Å². The molecule has 2 aromatic carbocycles. The molecule has 1 saturated carbocycles. The van der Waals surface area contributed by atoms with E-state index in [0.29, 0.717) is 18.4 Å². The predicted molar refractivity (Wildman–Crippen MR) is 136 cm³/mol. The van der Waals surface area contributed by atoms with Crippen molar-refractivity contribution < 1.29 is 27.4 Å². The van der Waals surface area contributed by atoms with Crippen LogP contribution < -0.4 is 0 Å². The molecular weight excluding hydrogens is 480 g/mol. The molecule has 2 aliphatic rings. The zero-order valence-electron chi connectivity index (χ0n) is 20.7. The van der Waals surface area contributed by atoms with E-state index in [1.54, 1.807) is 13.0 Å². The van der Waals surface area contributed by atoms with Crippen LogP contribution in [0.4, 0.5) is 13.2 Å². The molecule has 5 nitrogen and oxygen atoms in total. The minimum Gasteiger partial charge on any atom is -0.487 e. The van der Waals surface area contributed by atoms with Crippen molar-refractivity contribution in [1.29, 1.82) is 0 Å². The summed E-state index contributed by atoms with van der Waals surface area (Å²) in [6, 6.07) is 14.8. The molecule has 1 fully saturated rings. The number of ether oxygens (including phenoxy) is 2. The molecule has 0 aromatic heterocycles. The average Bonchev–Trinajstić information content (AvgIpc) is 3.36. The van der Waals surface area contributed by atoms with E-state index in [9.17, 15) is 18.0 Å². The van der Waals surface area contributed by atoms with Crippen molar-refractivity contribution in [3.63, 3.8) is 0 Å². The molecular formula is C28H28BF3N2O3. The summed E-state index contributed by atoms with van der Waals surface area (Å²) in [7, 11) is 6.51. The molecule has 0 amide bonds. The van der Waals surface area contributed by atoms with Crippen molar-refractivity contribution in [2.24, 2.45) is 5.10 Å². The maximum absolute atomic E-state index is 13.5. The summed E-state index contributed by atoms with van der Waals surface area (Å²) in [6.45, 7) is 6.15. The molecule has 4 rings (SSSR count). The average molecular weight is 508 g/mol. The molecule has 0 unspecified atom stereocenters. The molecule has 2 aromatic rings. The Balaban J connectivity index is 1.71. The summed E-state index contributed by atoms with van der Waals surface area (Å²) >= 11 is 0. The number of carbonyl (C=O) groups is 1. The molecule has 0 N–H and O–H groups in total. The third kappa shape index (κ3) is 5.76. The van der Waals surface area contributed by atoms with E-state index in [4.69, 9.17) is 17.3 Å². The molecule has 0 saturated heterocycles. The lowest BCUT2D eigenvalue weighted by atomic mass is 9.77. The number of rotatable bonds is 8. The van der Waals surface area contributed by atoms with E-state index in [2.05, 4.69) is 11.7 Å². The van der Waals surface area contributed by atoms with Crippen LogP contribution in [-0.4, -0.2) is 37.7 Å². The highest BCUT2D eigenvalue weighted by Crippen LogP contribution is 2.44. The Labute approximate surface area is 216 Å². The van der Waals surface area contributed by atoms with Gasteiger partial charge in [-0.2, -0.15) is 18.3 Å². The number of nitrogens with zero attached hydrogens (tertiary/aromatic N) is 2. The van der Waals surface area contributed by atoms with E-state index < -0.39 is 23.1 Å². The molecule has 37 heavy (non-hydrogen) atoms. The van der Waals surface area contributed by atoms with Crippen molar-refractivity contribution >= 4 is 19.5 Å². The Kier molecular flexibility index (Phi) is 7.80. The minimum atomic E-state index is -4.45. The third-order valence-electron chi connectivity index (χ3n) is 6.80. The number of hydrogen-bond donors (Lipinski definition) is 0. The quantitative estimate of drug-likeness (QED) is 0.331. The summed E-state index contributed by atoms with van der Waals surface area (Å²) in [5, 5.41) is 5.91. The van der Waals surface area contributed by atoms with Crippen LogP contribution in [0.1, 0.15) is 49.3 Å². The fourth-order valence-electron chi connectivity index (χ4n) is 4.89. The number of carbonyl (C=O) groups excluding carboxylic acids is 1. The number of halogens is 3. The van der Waals surface area contributed by atoms with Gasteiger partial charge >= 0.3 is 12.1 Å². The van der Waals surface area contributed by atoms with Crippen molar-refractivity contribution in [2.45, 2.75) is 50.8 Å². The second-order valence-electron chi connectivity index (χ2n) is 9.26. The van der Waals surface area contributed by atoms with Crippen molar-refractivity contribution in [3.8, 4) is 0 Å². The summed E-state index contributed by atoms with van der Waals surface area (Å²) in [4.78, 5) is 12.7. The molecule has 9 heteroatoms. The molecule has 0 spiro atoms. The molecule has 2 radical (unpaired) electrons. The molecule has 0 bridgehead atoms. The van der Waals surface area contributed by atoms with Gasteiger partial charge in [0.2, 0.25) is 0 Å². The highest BCUT2D eigenvalue weighted by molar-refractivity contribution is 6.45. The van der Waals surface area contributed by atoms with Crippen LogP contribution in [0.2, 0.25) is 0 Å². The second kappa shape index (κ2) is 10.9. The fraction of sp³-hybridized carbons (Fsp3) is 0.357. The number of alkyl halides is 3. The first-order chi connectivity index (χ1) is 17.6. The van der Waals surface area contributed by atoms with Gasteiger partial charge < -0.3 is 9.47 Å². The number of allylic oxidation sites excluding steroid dienone is 1. The standard InChI is InChI=1S/C28H28BF3N2O3/c1-3-36-26(35)23-19(2)24(37-17-20-10-5-4-6-11-20)25(29)34(33-23)18-27(14-7-8-15-27)21-12-9-13-22(16-21)28(30,31)32/h4-6,9-13,16H,2-3,7-8,14-15,17-18H2,1H3. The lowest BCUT2D eigenvalue weighted by Gasteiger charge is -2.38. The molecule has 0 atom stereocenters. The number of esters is 1. The van der Waals surface area contributed by atoms with Crippen LogP contribution in [0.3, 0.4) is 0 Å². The van der Waals surface area contributed by atoms with Crippen molar-refractivity contribution in [1.82, 2.24) is 5.01 Å². The Morgan fingerprint density at radius 1 is 1.14 bits per heavy atom. The monoisotopic (exact) mass is 508 g/mol. The van der Waals surface area contributed by atoms with E-state index in [1.807, 2.05) is 30.3 Å². The Morgan fingerprint density at radius 3 is 2.49 bits per heavy atom. The predicted octanol–water partition coefficient (Wildman–Crippen LogP) is 5.86. The number of hydrazone groups is 1. The van der Waals surface area contributed by atoms with Gasteiger partial charge in [-0.15, -0.1) is 0 Å². The Bertz CT molecular complexity index is 1220. The van der Waals surface area contributed by atoms with E-state index >= 15 is 0 Å². The number of benzene rings is 2. The van der Waals surface area contributed by atoms with Crippen LogP contribution in [-0.2, 0) is 32.5 Å². The summed E-state index contributed by atoms with van der Waals surface area (Å²) in [6.07, 6.45) is -1.43. The van der Waals surface area contributed by atoms with Gasteiger partial charge in [0.25, 0.3) is 0 Å². The maximum atomic E-state index is 13.5. The van der Waals surface area contributed by atoms with Gasteiger partial charge in [-0.25, -0.2) is 4.79 Å². The third-order valence-corrected chi connectivity index (χ3v) is 6.80. The molecule has 192 valence electrons. The van der Waals surface area contributed by atoms with Crippen LogP contribution >= 0.6 is 0 Å². The SMILES string of the molecule is [B]C1=C(OCc2ccccc2)C(=C)C(C(=O)OCC)=NN1CC1(c2cccc(C(F)(F)F)c2)CCCC1. The zero-order valence-corrected chi connectivity index (χ0v) is 20.7. The smallest absolute Gasteiger partial charge is 0.416 e. The lowest BCUT2D eigenvalue weighted by Crippen LogP contribution is -2.41. The van der Waals surface area contributed by atoms with Gasteiger partial charge in [-0.05, 0) is 37.0 Å². The molecule has 1 aliphatic heterocycles.